The molecule has 114 valence electrons. The summed E-state index contributed by atoms with van der Waals surface area (Å²) in [4.78, 5) is 27.2. The molecule has 3 N–H and O–H groups in total. The number of urea groups is 1. The maximum atomic E-state index is 11.9. The summed E-state index contributed by atoms with van der Waals surface area (Å²) in [5.74, 6) is -0.0825. The predicted octanol–water partition coefficient (Wildman–Crippen LogP) is 2.40. The fourth-order valence-corrected chi connectivity index (χ4v) is 1.90. The van der Waals surface area contributed by atoms with Crippen molar-refractivity contribution in [2.24, 2.45) is 0 Å². The quantitative estimate of drug-likeness (QED) is 0.792. The number of hydrogen-bond acceptors (Lipinski definition) is 3. The summed E-state index contributed by atoms with van der Waals surface area (Å²) < 4.78 is 0. The maximum Gasteiger partial charge on any atom is 0.318 e. The van der Waals surface area contributed by atoms with Crippen LogP contribution in [0.2, 0.25) is 0 Å². The molecule has 1 aromatic carbocycles. The van der Waals surface area contributed by atoms with Crippen LogP contribution in [0.5, 0.6) is 0 Å². The van der Waals surface area contributed by atoms with E-state index in [2.05, 4.69) is 20.9 Å². The van der Waals surface area contributed by atoms with Gasteiger partial charge in [-0.1, -0.05) is 12.1 Å². The van der Waals surface area contributed by atoms with Crippen LogP contribution in [0, 0.1) is 0 Å². The van der Waals surface area contributed by atoms with Gasteiger partial charge in [0.1, 0.15) is 0 Å². The molecule has 6 nitrogen and oxygen atoms in total. The van der Waals surface area contributed by atoms with E-state index >= 15 is 0 Å². The smallest absolute Gasteiger partial charge is 0.318 e. The first kappa shape index (κ1) is 15.5. The third-order valence-electron chi connectivity index (χ3n) is 2.99. The molecule has 0 bridgehead atoms. The molecular formula is C16H18N4O2. The number of amides is 3. The Balaban J connectivity index is 1.88. The summed E-state index contributed by atoms with van der Waals surface area (Å²) >= 11 is 0. The first-order chi connectivity index (χ1) is 10.7. The van der Waals surface area contributed by atoms with Gasteiger partial charge in [0, 0.05) is 37.2 Å². The lowest BCUT2D eigenvalue weighted by Gasteiger charge is -2.08. The Hall–Kier alpha value is -2.89. The molecule has 0 radical (unpaired) electrons. The van der Waals surface area contributed by atoms with E-state index in [9.17, 15) is 9.59 Å². The predicted molar refractivity (Wildman–Crippen MR) is 85.7 cm³/mol. The summed E-state index contributed by atoms with van der Waals surface area (Å²) in [7, 11) is 1.54. The molecule has 0 fully saturated rings. The minimum absolute atomic E-state index is 0.0825. The minimum atomic E-state index is -0.306. The van der Waals surface area contributed by atoms with E-state index in [4.69, 9.17) is 0 Å². The summed E-state index contributed by atoms with van der Waals surface area (Å²) in [6.07, 6.45) is 4.46. The molecule has 2 rings (SSSR count). The molecule has 0 aliphatic rings. The SMILES string of the molecule is CNC(=O)Nc1cccc(NC(=O)CCc2cccnc2)c1. The monoisotopic (exact) mass is 298 g/mol. The number of hydrogen-bond donors (Lipinski definition) is 3. The van der Waals surface area contributed by atoms with Gasteiger partial charge < -0.3 is 16.0 Å². The van der Waals surface area contributed by atoms with Crippen LogP contribution in [0.15, 0.2) is 48.8 Å². The van der Waals surface area contributed by atoms with E-state index in [1.165, 1.54) is 0 Å². The number of carbonyl (C=O) groups excluding carboxylic acids is 2. The number of nitrogens with zero attached hydrogens (tertiary/aromatic N) is 1. The molecule has 0 saturated carbocycles. The standard InChI is InChI=1S/C16H18N4O2/c1-17-16(22)20-14-6-2-5-13(10-14)19-15(21)8-7-12-4-3-9-18-11-12/h2-6,9-11H,7-8H2,1H3,(H,19,21)(H2,17,20,22). The van der Waals surface area contributed by atoms with Crippen LogP contribution in [0.3, 0.4) is 0 Å². The van der Waals surface area contributed by atoms with Crippen molar-refractivity contribution < 1.29 is 9.59 Å². The van der Waals surface area contributed by atoms with Crippen LogP contribution in [-0.2, 0) is 11.2 Å². The largest absolute Gasteiger partial charge is 0.341 e. The Labute approximate surface area is 129 Å². The van der Waals surface area contributed by atoms with Crippen molar-refractivity contribution in [1.82, 2.24) is 10.3 Å². The Bertz CT molecular complexity index is 644. The van der Waals surface area contributed by atoms with Gasteiger partial charge in [0.15, 0.2) is 0 Å². The molecule has 0 aliphatic heterocycles. The van der Waals surface area contributed by atoms with Crippen molar-refractivity contribution in [2.45, 2.75) is 12.8 Å². The van der Waals surface area contributed by atoms with Crippen LogP contribution in [0.25, 0.3) is 0 Å². The normalized spacial score (nSPS) is 9.86. The second-order valence-electron chi connectivity index (χ2n) is 4.69. The van der Waals surface area contributed by atoms with Crippen LogP contribution >= 0.6 is 0 Å². The summed E-state index contributed by atoms with van der Waals surface area (Å²) in [5, 5.41) is 7.94. The molecule has 0 unspecified atom stereocenters. The van der Waals surface area contributed by atoms with E-state index in [1.807, 2.05) is 12.1 Å². The van der Waals surface area contributed by atoms with Crippen LogP contribution < -0.4 is 16.0 Å². The van der Waals surface area contributed by atoms with Crippen molar-refractivity contribution in [3.8, 4) is 0 Å². The molecule has 3 amide bonds. The molecule has 0 saturated heterocycles. The van der Waals surface area contributed by atoms with E-state index in [1.54, 1.807) is 43.7 Å². The van der Waals surface area contributed by atoms with Crippen molar-refractivity contribution in [2.75, 3.05) is 17.7 Å². The van der Waals surface area contributed by atoms with Crippen LogP contribution in [0.4, 0.5) is 16.2 Å². The fraction of sp³-hybridized carbons (Fsp3) is 0.188. The zero-order chi connectivity index (χ0) is 15.8. The average Bonchev–Trinajstić information content (AvgIpc) is 2.54. The van der Waals surface area contributed by atoms with Gasteiger partial charge in [0.2, 0.25) is 5.91 Å². The number of benzene rings is 1. The van der Waals surface area contributed by atoms with Crippen molar-refractivity contribution in [1.29, 1.82) is 0 Å². The van der Waals surface area contributed by atoms with Gasteiger partial charge in [-0.15, -0.1) is 0 Å². The first-order valence-electron chi connectivity index (χ1n) is 6.95. The van der Waals surface area contributed by atoms with Gasteiger partial charge >= 0.3 is 6.03 Å². The maximum absolute atomic E-state index is 11.9. The second-order valence-corrected chi connectivity index (χ2v) is 4.69. The van der Waals surface area contributed by atoms with Gasteiger partial charge in [-0.25, -0.2) is 4.79 Å². The third-order valence-corrected chi connectivity index (χ3v) is 2.99. The summed E-state index contributed by atoms with van der Waals surface area (Å²) in [5.41, 5.74) is 2.28. The number of nitrogens with one attached hydrogen (secondary N) is 3. The Morgan fingerprint density at radius 1 is 1.09 bits per heavy atom. The van der Waals surface area contributed by atoms with Crippen LogP contribution in [-0.4, -0.2) is 24.0 Å². The van der Waals surface area contributed by atoms with Gasteiger partial charge in [0.05, 0.1) is 0 Å². The van der Waals surface area contributed by atoms with Gasteiger partial charge in [-0.2, -0.15) is 0 Å². The highest BCUT2D eigenvalue weighted by Crippen LogP contribution is 2.15. The number of aryl methyl sites for hydroxylation is 1. The number of rotatable bonds is 5. The Morgan fingerprint density at radius 3 is 2.55 bits per heavy atom. The van der Waals surface area contributed by atoms with Gasteiger partial charge in [-0.3, -0.25) is 9.78 Å². The minimum Gasteiger partial charge on any atom is -0.341 e. The van der Waals surface area contributed by atoms with Crippen molar-refractivity contribution >= 4 is 23.3 Å². The second kappa shape index (κ2) is 7.78. The van der Waals surface area contributed by atoms with E-state index in [0.29, 0.717) is 24.2 Å². The fourth-order valence-electron chi connectivity index (χ4n) is 1.90. The lowest BCUT2D eigenvalue weighted by atomic mass is 10.1. The van der Waals surface area contributed by atoms with E-state index in [0.717, 1.165) is 5.56 Å². The number of carbonyl (C=O) groups is 2. The molecule has 0 aliphatic carbocycles. The van der Waals surface area contributed by atoms with Gasteiger partial charge in [-0.05, 0) is 36.2 Å². The molecular weight excluding hydrogens is 280 g/mol. The highest BCUT2D eigenvalue weighted by atomic mass is 16.2. The van der Waals surface area contributed by atoms with Crippen molar-refractivity contribution in [3.05, 3.63) is 54.4 Å². The topological polar surface area (TPSA) is 83.1 Å². The zero-order valence-corrected chi connectivity index (χ0v) is 12.3. The lowest BCUT2D eigenvalue weighted by molar-refractivity contribution is -0.116. The molecule has 0 atom stereocenters. The van der Waals surface area contributed by atoms with Gasteiger partial charge in [0.25, 0.3) is 0 Å². The van der Waals surface area contributed by atoms with Crippen LogP contribution in [0.1, 0.15) is 12.0 Å². The lowest BCUT2D eigenvalue weighted by Crippen LogP contribution is -2.24. The van der Waals surface area contributed by atoms with Crippen molar-refractivity contribution in [3.63, 3.8) is 0 Å². The number of anilines is 2. The third kappa shape index (κ3) is 4.90. The molecule has 22 heavy (non-hydrogen) atoms. The average molecular weight is 298 g/mol. The molecule has 2 aromatic rings. The molecule has 6 heteroatoms. The number of aromatic nitrogens is 1. The highest BCUT2D eigenvalue weighted by Gasteiger charge is 2.05. The Kier molecular flexibility index (Phi) is 5.48. The number of pyridine rings is 1. The molecule has 1 heterocycles. The van der Waals surface area contributed by atoms with E-state index < -0.39 is 0 Å². The summed E-state index contributed by atoms with van der Waals surface area (Å²) in [6, 6.07) is 10.5. The highest BCUT2D eigenvalue weighted by molar-refractivity contribution is 5.93. The molecule has 1 aromatic heterocycles. The Morgan fingerprint density at radius 2 is 1.86 bits per heavy atom. The first-order valence-corrected chi connectivity index (χ1v) is 6.95. The zero-order valence-electron chi connectivity index (χ0n) is 12.3. The summed E-state index contributed by atoms with van der Waals surface area (Å²) in [6.45, 7) is 0. The molecule has 0 spiro atoms. The van der Waals surface area contributed by atoms with E-state index in [-0.39, 0.29) is 11.9 Å².